The van der Waals surface area contributed by atoms with E-state index in [2.05, 4.69) is 48.3 Å². The van der Waals surface area contributed by atoms with Gasteiger partial charge in [0.05, 0.1) is 6.54 Å². The van der Waals surface area contributed by atoms with Crippen molar-refractivity contribution in [2.24, 2.45) is 0 Å². The summed E-state index contributed by atoms with van der Waals surface area (Å²) >= 11 is 0. The minimum Gasteiger partial charge on any atom is -0.462 e. The second-order valence-electron chi connectivity index (χ2n) is 6.82. The number of nitrogens with zero attached hydrogens (tertiary/aromatic N) is 1. The lowest BCUT2D eigenvalue weighted by atomic mass is 9.75. The highest BCUT2D eigenvalue weighted by Crippen LogP contribution is 2.52. The van der Waals surface area contributed by atoms with Gasteiger partial charge in [0.15, 0.2) is 0 Å². The Bertz CT molecular complexity index is 818. The van der Waals surface area contributed by atoms with Gasteiger partial charge in [-0.15, -0.1) is 0 Å². The maximum atomic E-state index is 12.2. The first kappa shape index (κ1) is 14.1. The third kappa shape index (κ3) is 1.81. The van der Waals surface area contributed by atoms with Gasteiger partial charge in [-0.05, 0) is 42.8 Å². The van der Waals surface area contributed by atoms with Crippen LogP contribution in [0.2, 0.25) is 0 Å². The lowest BCUT2D eigenvalue weighted by Gasteiger charge is -2.40. The average molecular weight is 308 g/mol. The van der Waals surface area contributed by atoms with Crippen molar-refractivity contribution in [3.05, 3.63) is 59.6 Å². The quantitative estimate of drug-likeness (QED) is 0.926. The van der Waals surface area contributed by atoms with E-state index >= 15 is 0 Å². The Kier molecular flexibility index (Phi) is 2.77. The van der Waals surface area contributed by atoms with Crippen LogP contribution in [-0.2, 0) is 10.2 Å². The van der Waals surface area contributed by atoms with Crippen molar-refractivity contribution in [1.82, 2.24) is 5.32 Å². The van der Waals surface area contributed by atoms with Gasteiger partial charge in [-0.1, -0.05) is 32.0 Å². The molecule has 0 radical (unpaired) electrons. The lowest BCUT2D eigenvalue weighted by molar-refractivity contribution is -0.118. The van der Waals surface area contributed by atoms with E-state index in [1.807, 2.05) is 31.2 Å². The van der Waals surface area contributed by atoms with Crippen LogP contribution < -0.4 is 10.2 Å². The Morgan fingerprint density at radius 2 is 2.00 bits per heavy atom. The maximum absolute atomic E-state index is 12.2. The number of fused-ring (bicyclic) bond motifs is 3. The van der Waals surface area contributed by atoms with Crippen molar-refractivity contribution in [3.8, 4) is 0 Å². The Morgan fingerprint density at radius 3 is 2.74 bits per heavy atom. The standard InChI is InChI=1S/C19H20N2O2/c1-13-8-9-14(23-13)10-11-19-18(2,3)15-6-4-5-7-16(15)21(19)12-17(22)20-19/h4-11H,12H2,1-3H3,(H,20,22)/t19-/m1/s1. The van der Waals surface area contributed by atoms with Crippen molar-refractivity contribution in [3.63, 3.8) is 0 Å². The van der Waals surface area contributed by atoms with E-state index in [0.29, 0.717) is 6.54 Å². The number of anilines is 1. The molecule has 1 fully saturated rings. The van der Waals surface area contributed by atoms with Gasteiger partial charge in [-0.2, -0.15) is 0 Å². The molecule has 0 unspecified atom stereocenters. The predicted molar refractivity (Wildman–Crippen MR) is 90.2 cm³/mol. The molecule has 2 aromatic rings. The van der Waals surface area contributed by atoms with E-state index < -0.39 is 5.66 Å². The molecular formula is C19H20N2O2. The fourth-order valence-electron chi connectivity index (χ4n) is 3.89. The van der Waals surface area contributed by atoms with Gasteiger partial charge >= 0.3 is 0 Å². The second kappa shape index (κ2) is 4.51. The Balaban J connectivity index is 1.84. The van der Waals surface area contributed by atoms with Crippen molar-refractivity contribution < 1.29 is 9.21 Å². The molecule has 23 heavy (non-hydrogen) atoms. The van der Waals surface area contributed by atoms with Crippen molar-refractivity contribution >= 4 is 17.7 Å². The minimum atomic E-state index is -0.561. The molecule has 4 heteroatoms. The molecule has 1 aromatic carbocycles. The molecule has 2 aliphatic rings. The van der Waals surface area contributed by atoms with Crippen LogP contribution in [0.15, 0.2) is 46.9 Å². The van der Waals surface area contributed by atoms with E-state index in [4.69, 9.17) is 4.42 Å². The number of carbonyl (C=O) groups is 1. The predicted octanol–water partition coefficient (Wildman–Crippen LogP) is 3.23. The van der Waals surface area contributed by atoms with E-state index in [0.717, 1.165) is 17.2 Å². The zero-order valence-corrected chi connectivity index (χ0v) is 13.6. The molecule has 4 nitrogen and oxygen atoms in total. The molecule has 1 amide bonds. The number of hydrogen-bond donors (Lipinski definition) is 1. The van der Waals surface area contributed by atoms with Crippen molar-refractivity contribution in [2.45, 2.75) is 31.8 Å². The largest absolute Gasteiger partial charge is 0.462 e. The zero-order valence-electron chi connectivity index (χ0n) is 13.6. The van der Waals surface area contributed by atoms with Crippen LogP contribution in [0, 0.1) is 6.92 Å². The number of hydrogen-bond acceptors (Lipinski definition) is 3. The molecule has 0 aliphatic carbocycles. The number of benzene rings is 1. The van der Waals surface area contributed by atoms with Gasteiger partial charge in [-0.3, -0.25) is 4.79 Å². The Morgan fingerprint density at radius 1 is 1.22 bits per heavy atom. The van der Waals surface area contributed by atoms with E-state index in [9.17, 15) is 4.79 Å². The number of rotatable bonds is 2. The zero-order chi connectivity index (χ0) is 16.2. The summed E-state index contributed by atoms with van der Waals surface area (Å²) in [7, 11) is 0. The lowest BCUT2D eigenvalue weighted by Crippen LogP contribution is -2.58. The molecule has 0 saturated carbocycles. The van der Waals surface area contributed by atoms with E-state index in [1.54, 1.807) is 0 Å². The molecule has 118 valence electrons. The van der Waals surface area contributed by atoms with Gasteiger partial charge in [0, 0.05) is 11.1 Å². The maximum Gasteiger partial charge on any atom is 0.241 e. The summed E-state index contributed by atoms with van der Waals surface area (Å²) in [4.78, 5) is 14.3. The molecule has 1 aromatic heterocycles. The molecule has 2 aliphatic heterocycles. The summed E-state index contributed by atoms with van der Waals surface area (Å²) in [5.74, 6) is 1.72. The van der Waals surface area contributed by atoms with E-state index in [-0.39, 0.29) is 11.3 Å². The number of furan rings is 1. The highest BCUT2D eigenvalue weighted by atomic mass is 16.3. The molecule has 0 spiro atoms. The van der Waals surface area contributed by atoms with Gasteiger partial charge < -0.3 is 14.6 Å². The summed E-state index contributed by atoms with van der Waals surface area (Å²) in [6, 6.07) is 12.2. The van der Waals surface area contributed by atoms with E-state index in [1.165, 1.54) is 5.56 Å². The van der Waals surface area contributed by atoms with Crippen LogP contribution in [0.3, 0.4) is 0 Å². The fourth-order valence-corrected chi connectivity index (χ4v) is 3.89. The van der Waals surface area contributed by atoms with Gasteiger partial charge in [0.25, 0.3) is 0 Å². The minimum absolute atomic E-state index is 0.0489. The number of carbonyl (C=O) groups excluding carboxylic acids is 1. The molecule has 1 N–H and O–H groups in total. The molecule has 1 saturated heterocycles. The molecule has 1 atom stereocenters. The van der Waals surface area contributed by atoms with Crippen molar-refractivity contribution in [2.75, 3.05) is 11.4 Å². The van der Waals surface area contributed by atoms with Gasteiger partial charge in [-0.25, -0.2) is 0 Å². The van der Waals surface area contributed by atoms with Gasteiger partial charge in [0.2, 0.25) is 5.91 Å². The van der Waals surface area contributed by atoms with Crippen LogP contribution in [0.1, 0.15) is 30.9 Å². The average Bonchev–Trinajstić information content (AvgIpc) is 3.13. The number of nitrogens with one attached hydrogen (secondary N) is 1. The molecular weight excluding hydrogens is 288 g/mol. The Labute approximate surface area is 135 Å². The summed E-state index contributed by atoms with van der Waals surface area (Å²) < 4.78 is 5.64. The molecule has 0 bridgehead atoms. The molecule has 4 rings (SSSR count). The van der Waals surface area contributed by atoms with Gasteiger partial charge in [0.1, 0.15) is 17.2 Å². The van der Waals surface area contributed by atoms with Crippen molar-refractivity contribution in [1.29, 1.82) is 0 Å². The summed E-state index contributed by atoms with van der Waals surface area (Å²) in [5, 5.41) is 3.20. The topological polar surface area (TPSA) is 45.5 Å². The van der Waals surface area contributed by atoms with Crippen LogP contribution >= 0.6 is 0 Å². The highest BCUT2D eigenvalue weighted by molar-refractivity contribution is 5.91. The first-order valence-corrected chi connectivity index (χ1v) is 7.88. The van der Waals surface area contributed by atoms with Crippen LogP contribution in [0.5, 0.6) is 0 Å². The monoisotopic (exact) mass is 308 g/mol. The third-order valence-electron chi connectivity index (χ3n) is 5.13. The summed E-state index contributed by atoms with van der Waals surface area (Å²) in [6.07, 6.45) is 4.02. The summed E-state index contributed by atoms with van der Waals surface area (Å²) in [6.45, 7) is 6.65. The fraction of sp³-hybridized carbons (Fsp3) is 0.316. The first-order valence-electron chi connectivity index (χ1n) is 7.88. The first-order chi connectivity index (χ1) is 10.9. The third-order valence-corrected chi connectivity index (χ3v) is 5.13. The second-order valence-corrected chi connectivity index (χ2v) is 6.82. The smallest absolute Gasteiger partial charge is 0.241 e. The number of para-hydroxylation sites is 1. The number of amides is 1. The molecule has 3 heterocycles. The SMILES string of the molecule is Cc1ccc(C=C[C@@]23NC(=O)CN2c2ccccc2C3(C)C)o1. The van der Waals surface area contributed by atoms with Crippen LogP contribution in [-0.4, -0.2) is 18.1 Å². The highest BCUT2D eigenvalue weighted by Gasteiger charge is 2.59. The van der Waals surface area contributed by atoms with Crippen LogP contribution in [0.4, 0.5) is 5.69 Å². The normalized spacial score (nSPS) is 24.8. The summed E-state index contributed by atoms with van der Waals surface area (Å²) in [5.41, 5.74) is 1.57. The van der Waals surface area contributed by atoms with Crippen LogP contribution in [0.25, 0.3) is 6.08 Å². The number of aryl methyl sites for hydroxylation is 1. The Hall–Kier alpha value is -2.49.